The van der Waals surface area contributed by atoms with Crippen molar-refractivity contribution >= 4 is 5.91 Å². The van der Waals surface area contributed by atoms with Crippen molar-refractivity contribution in [3.05, 3.63) is 12.7 Å². The monoisotopic (exact) mass is 250 g/mol. The van der Waals surface area contributed by atoms with E-state index in [-0.39, 0.29) is 17.4 Å². The molecule has 0 aliphatic heterocycles. The normalized spacial score (nSPS) is 19.7. The molecule has 1 aliphatic carbocycles. The minimum absolute atomic E-state index is 0.0493. The Hall–Kier alpha value is -1.39. The van der Waals surface area contributed by atoms with Crippen LogP contribution in [-0.4, -0.2) is 26.2 Å². The summed E-state index contributed by atoms with van der Waals surface area (Å²) in [6, 6.07) is 0. The molecule has 2 rings (SSSR count). The summed E-state index contributed by atoms with van der Waals surface area (Å²) >= 11 is 0. The largest absolute Gasteiger partial charge is 0.350 e. The van der Waals surface area contributed by atoms with E-state index in [1.807, 2.05) is 6.92 Å². The summed E-state index contributed by atoms with van der Waals surface area (Å²) in [5.74, 6) is 0.0602. The fraction of sp³-hybridized carbons (Fsp3) is 0.769. The Morgan fingerprint density at radius 1 is 1.50 bits per heavy atom. The van der Waals surface area contributed by atoms with E-state index in [1.165, 1.54) is 19.2 Å². The Labute approximate surface area is 108 Å². The molecular formula is C13H22N4O. The van der Waals surface area contributed by atoms with Crippen LogP contribution in [0.1, 0.15) is 46.0 Å². The van der Waals surface area contributed by atoms with Gasteiger partial charge >= 0.3 is 0 Å². The summed E-state index contributed by atoms with van der Waals surface area (Å²) in [5.41, 5.74) is 0.0493. The van der Waals surface area contributed by atoms with Crippen molar-refractivity contribution in [3.8, 4) is 0 Å². The highest BCUT2D eigenvalue weighted by atomic mass is 16.2. The van der Waals surface area contributed by atoms with Gasteiger partial charge in [-0.3, -0.25) is 9.48 Å². The number of rotatable bonds is 5. The van der Waals surface area contributed by atoms with Gasteiger partial charge in [-0.05, 0) is 19.3 Å². The van der Waals surface area contributed by atoms with Crippen molar-refractivity contribution < 1.29 is 4.79 Å². The van der Waals surface area contributed by atoms with Crippen molar-refractivity contribution in [2.45, 2.75) is 58.0 Å². The van der Waals surface area contributed by atoms with Crippen LogP contribution >= 0.6 is 0 Å². The van der Waals surface area contributed by atoms with Gasteiger partial charge in [0.2, 0.25) is 5.91 Å². The van der Waals surface area contributed by atoms with E-state index in [2.05, 4.69) is 22.3 Å². The summed E-state index contributed by atoms with van der Waals surface area (Å²) in [7, 11) is 0. The molecule has 1 aliphatic rings. The fourth-order valence-electron chi connectivity index (χ4n) is 2.69. The van der Waals surface area contributed by atoms with Crippen LogP contribution < -0.4 is 5.32 Å². The van der Waals surface area contributed by atoms with Crippen LogP contribution in [0, 0.1) is 5.92 Å². The third-order valence-corrected chi connectivity index (χ3v) is 4.00. The molecule has 0 radical (unpaired) electrons. The van der Waals surface area contributed by atoms with Crippen molar-refractivity contribution in [3.63, 3.8) is 0 Å². The van der Waals surface area contributed by atoms with E-state index in [9.17, 15) is 4.79 Å². The second kappa shape index (κ2) is 5.50. The first kappa shape index (κ1) is 13.1. The average Bonchev–Trinajstić information content (AvgIpc) is 3.01. The topological polar surface area (TPSA) is 59.8 Å². The van der Waals surface area contributed by atoms with Crippen LogP contribution in [0.15, 0.2) is 12.7 Å². The van der Waals surface area contributed by atoms with Gasteiger partial charge in [-0.1, -0.05) is 26.7 Å². The Bertz CT molecular complexity index is 382. The lowest BCUT2D eigenvalue weighted by atomic mass is 9.93. The first-order valence-electron chi connectivity index (χ1n) is 6.80. The van der Waals surface area contributed by atoms with Crippen LogP contribution in [-0.2, 0) is 11.3 Å². The van der Waals surface area contributed by atoms with Crippen molar-refractivity contribution in [2.75, 3.05) is 0 Å². The van der Waals surface area contributed by atoms with Crippen LogP contribution in [0.25, 0.3) is 0 Å². The maximum Gasteiger partial charge on any atom is 0.225 e. The van der Waals surface area contributed by atoms with Crippen LogP contribution in [0.5, 0.6) is 0 Å². The lowest BCUT2D eigenvalue weighted by Gasteiger charge is -2.30. The standard InChI is InChI=1S/C13H22N4O/c1-3-13(6-4-5-7-13)16-12(18)11(2)8-17-10-14-9-15-17/h9-11H,3-8H2,1-2H3,(H,16,18). The van der Waals surface area contributed by atoms with Crippen LogP contribution in [0.3, 0.4) is 0 Å². The average molecular weight is 250 g/mol. The third-order valence-electron chi connectivity index (χ3n) is 4.00. The Kier molecular flexibility index (Phi) is 3.99. The van der Waals surface area contributed by atoms with Gasteiger partial charge < -0.3 is 5.32 Å². The van der Waals surface area contributed by atoms with Crippen LogP contribution in [0.4, 0.5) is 0 Å². The van der Waals surface area contributed by atoms with E-state index in [1.54, 1.807) is 11.0 Å². The van der Waals surface area contributed by atoms with Crippen LogP contribution in [0.2, 0.25) is 0 Å². The van der Waals surface area contributed by atoms with Gasteiger partial charge in [-0.15, -0.1) is 0 Å². The lowest BCUT2D eigenvalue weighted by Crippen LogP contribution is -2.48. The smallest absolute Gasteiger partial charge is 0.225 e. The zero-order chi connectivity index (χ0) is 13.0. The van der Waals surface area contributed by atoms with E-state index in [4.69, 9.17) is 0 Å². The van der Waals surface area contributed by atoms with Gasteiger partial charge in [0.25, 0.3) is 0 Å². The second-order valence-corrected chi connectivity index (χ2v) is 5.35. The minimum Gasteiger partial charge on any atom is -0.350 e. The summed E-state index contributed by atoms with van der Waals surface area (Å²) in [4.78, 5) is 16.1. The molecule has 100 valence electrons. The predicted octanol–water partition coefficient (Wildman–Crippen LogP) is 1.75. The highest BCUT2D eigenvalue weighted by Gasteiger charge is 2.34. The molecule has 18 heavy (non-hydrogen) atoms. The quantitative estimate of drug-likeness (QED) is 0.866. The van der Waals surface area contributed by atoms with Crippen molar-refractivity contribution in [2.24, 2.45) is 5.92 Å². The Balaban J connectivity index is 1.90. The zero-order valence-corrected chi connectivity index (χ0v) is 11.2. The van der Waals surface area contributed by atoms with Gasteiger partial charge in [0, 0.05) is 5.54 Å². The molecule has 0 spiro atoms. The second-order valence-electron chi connectivity index (χ2n) is 5.35. The summed E-state index contributed by atoms with van der Waals surface area (Å²) < 4.78 is 1.71. The van der Waals surface area contributed by atoms with Crippen molar-refractivity contribution in [1.82, 2.24) is 20.1 Å². The molecule has 5 nitrogen and oxygen atoms in total. The molecule has 1 N–H and O–H groups in total. The summed E-state index contributed by atoms with van der Waals surface area (Å²) in [5, 5.41) is 7.29. The maximum absolute atomic E-state index is 12.2. The van der Waals surface area contributed by atoms with E-state index in [0.29, 0.717) is 6.54 Å². The molecule has 1 saturated carbocycles. The van der Waals surface area contributed by atoms with Gasteiger partial charge in [0.1, 0.15) is 12.7 Å². The Morgan fingerprint density at radius 2 is 2.22 bits per heavy atom. The molecule has 0 saturated heterocycles. The lowest BCUT2D eigenvalue weighted by molar-refractivity contribution is -0.127. The number of hydrogen-bond donors (Lipinski definition) is 1. The maximum atomic E-state index is 12.2. The molecule has 1 fully saturated rings. The SMILES string of the molecule is CCC1(NC(=O)C(C)Cn2cncn2)CCCC1. The summed E-state index contributed by atoms with van der Waals surface area (Å²) in [6.45, 7) is 4.69. The molecule has 1 aromatic rings. The molecule has 5 heteroatoms. The van der Waals surface area contributed by atoms with Crippen molar-refractivity contribution in [1.29, 1.82) is 0 Å². The number of aromatic nitrogens is 3. The van der Waals surface area contributed by atoms with Gasteiger partial charge in [-0.2, -0.15) is 5.10 Å². The zero-order valence-electron chi connectivity index (χ0n) is 11.2. The van der Waals surface area contributed by atoms with E-state index < -0.39 is 0 Å². The van der Waals surface area contributed by atoms with E-state index in [0.717, 1.165) is 19.3 Å². The molecular weight excluding hydrogens is 228 g/mol. The fourth-order valence-corrected chi connectivity index (χ4v) is 2.69. The number of hydrogen-bond acceptors (Lipinski definition) is 3. The Morgan fingerprint density at radius 3 is 2.78 bits per heavy atom. The molecule has 1 heterocycles. The first-order valence-corrected chi connectivity index (χ1v) is 6.80. The first-order chi connectivity index (χ1) is 8.65. The van der Waals surface area contributed by atoms with Gasteiger partial charge in [0.05, 0.1) is 12.5 Å². The molecule has 1 unspecified atom stereocenters. The molecule has 0 bridgehead atoms. The summed E-state index contributed by atoms with van der Waals surface area (Å²) in [6.07, 6.45) is 8.85. The van der Waals surface area contributed by atoms with Gasteiger partial charge in [0.15, 0.2) is 0 Å². The number of carbonyl (C=O) groups excluding carboxylic acids is 1. The highest BCUT2D eigenvalue weighted by Crippen LogP contribution is 2.32. The molecule has 1 aromatic heterocycles. The molecule has 1 atom stereocenters. The number of amides is 1. The highest BCUT2D eigenvalue weighted by molar-refractivity contribution is 5.79. The molecule has 1 amide bonds. The van der Waals surface area contributed by atoms with E-state index >= 15 is 0 Å². The van der Waals surface area contributed by atoms with Gasteiger partial charge in [-0.25, -0.2) is 4.98 Å². The third kappa shape index (κ3) is 2.89. The minimum atomic E-state index is -0.0734. The number of nitrogens with zero attached hydrogens (tertiary/aromatic N) is 3. The molecule has 0 aromatic carbocycles. The number of carbonyl (C=O) groups is 1. The number of nitrogens with one attached hydrogen (secondary N) is 1. The predicted molar refractivity (Wildman–Crippen MR) is 68.8 cm³/mol.